The van der Waals surface area contributed by atoms with Crippen LogP contribution in [0, 0.1) is 11.7 Å². The number of rotatable bonds is 7. The number of ketones is 1. The number of ether oxygens (including phenoxy) is 1. The lowest BCUT2D eigenvalue weighted by molar-refractivity contribution is 0.0927. The fourth-order valence-electron chi connectivity index (χ4n) is 4.65. The molecule has 1 aliphatic heterocycles. The van der Waals surface area contributed by atoms with Crippen LogP contribution in [0.15, 0.2) is 35.4 Å². The van der Waals surface area contributed by atoms with Gasteiger partial charge in [-0.15, -0.1) is 11.3 Å². The zero-order chi connectivity index (χ0) is 22.1. The quantitative estimate of drug-likeness (QED) is 0.493. The van der Waals surface area contributed by atoms with Gasteiger partial charge in [0.25, 0.3) is 5.56 Å². The van der Waals surface area contributed by atoms with Crippen molar-refractivity contribution in [2.75, 3.05) is 26.2 Å². The second-order valence-electron chi connectivity index (χ2n) is 8.60. The van der Waals surface area contributed by atoms with Gasteiger partial charge in [-0.05, 0) is 57.0 Å². The molecule has 5 rings (SSSR count). The van der Waals surface area contributed by atoms with Gasteiger partial charge in [0.15, 0.2) is 17.3 Å². The molecule has 2 aromatic heterocycles. The van der Waals surface area contributed by atoms with Crippen molar-refractivity contribution in [2.24, 2.45) is 5.92 Å². The predicted octanol–water partition coefficient (Wildman–Crippen LogP) is 4.43. The Hall–Kier alpha value is -2.58. The first-order valence-corrected chi connectivity index (χ1v) is 12.1. The molecule has 1 saturated carbocycles. The van der Waals surface area contributed by atoms with Crippen LogP contribution in [0.3, 0.4) is 0 Å². The number of likely N-dealkylation sites (tertiary alicyclic amines) is 1. The Morgan fingerprint density at radius 2 is 1.94 bits per heavy atom. The number of hydrogen-bond donors (Lipinski definition) is 0. The minimum absolute atomic E-state index is 0.0531. The number of nitrogens with zero attached hydrogens (tertiary/aromatic N) is 3. The molecule has 1 aliphatic carbocycles. The molecule has 168 valence electrons. The van der Waals surface area contributed by atoms with Crippen LogP contribution in [-0.4, -0.2) is 46.5 Å². The highest BCUT2D eigenvalue weighted by Crippen LogP contribution is 2.31. The summed E-state index contributed by atoms with van der Waals surface area (Å²) in [5.41, 5.74) is 0.596. The van der Waals surface area contributed by atoms with E-state index in [-0.39, 0.29) is 23.0 Å². The third-order valence-electron chi connectivity index (χ3n) is 6.46. The number of fused-ring (bicyclic) bond motifs is 1. The van der Waals surface area contributed by atoms with Gasteiger partial charge in [0.05, 0.1) is 16.1 Å². The SMILES string of the molecule is O=C(c1cc2ncn(-c3ccc(OCCN4CCCC4)c(F)c3)c(=O)c2s1)C1CCCC1. The average Bonchev–Trinajstić information content (AvgIpc) is 3.56. The van der Waals surface area contributed by atoms with Crippen molar-refractivity contribution >= 4 is 27.3 Å². The van der Waals surface area contributed by atoms with E-state index < -0.39 is 5.82 Å². The zero-order valence-corrected chi connectivity index (χ0v) is 18.7. The van der Waals surface area contributed by atoms with E-state index >= 15 is 0 Å². The highest BCUT2D eigenvalue weighted by Gasteiger charge is 2.26. The summed E-state index contributed by atoms with van der Waals surface area (Å²) in [6.07, 6.45) is 7.79. The van der Waals surface area contributed by atoms with Crippen LogP contribution >= 0.6 is 11.3 Å². The Labute approximate surface area is 189 Å². The smallest absolute Gasteiger partial charge is 0.275 e. The lowest BCUT2D eigenvalue weighted by Crippen LogP contribution is -2.25. The second kappa shape index (κ2) is 9.11. The van der Waals surface area contributed by atoms with Crippen molar-refractivity contribution in [3.8, 4) is 11.4 Å². The number of hydrogen-bond acceptors (Lipinski definition) is 6. The van der Waals surface area contributed by atoms with Crippen LogP contribution in [0.5, 0.6) is 5.75 Å². The van der Waals surface area contributed by atoms with Crippen molar-refractivity contribution in [1.29, 1.82) is 0 Å². The van der Waals surface area contributed by atoms with E-state index in [9.17, 15) is 14.0 Å². The van der Waals surface area contributed by atoms with E-state index in [1.165, 1.54) is 41.1 Å². The standard InChI is InChI=1S/C24H26FN3O3S/c25-18-13-17(7-8-20(18)31-12-11-27-9-3-4-10-27)28-15-26-19-14-21(32-23(19)24(28)30)22(29)16-5-1-2-6-16/h7-8,13-16H,1-6,9-12H2. The zero-order valence-electron chi connectivity index (χ0n) is 17.9. The molecule has 0 unspecified atom stereocenters. The van der Waals surface area contributed by atoms with Crippen LogP contribution in [0.1, 0.15) is 48.2 Å². The van der Waals surface area contributed by atoms with Gasteiger partial charge in [0.2, 0.25) is 0 Å². The van der Waals surface area contributed by atoms with E-state index in [4.69, 9.17) is 4.74 Å². The van der Waals surface area contributed by atoms with Crippen molar-refractivity contribution < 1.29 is 13.9 Å². The Morgan fingerprint density at radius 3 is 2.69 bits per heavy atom. The van der Waals surface area contributed by atoms with Gasteiger partial charge in [0.1, 0.15) is 17.6 Å². The Bertz CT molecular complexity index is 1190. The maximum absolute atomic E-state index is 14.6. The first-order valence-electron chi connectivity index (χ1n) is 11.3. The van der Waals surface area contributed by atoms with E-state index in [2.05, 4.69) is 9.88 Å². The topological polar surface area (TPSA) is 64.4 Å². The van der Waals surface area contributed by atoms with Gasteiger partial charge < -0.3 is 4.74 Å². The summed E-state index contributed by atoms with van der Waals surface area (Å²) in [4.78, 5) is 33.1. The Kier molecular flexibility index (Phi) is 6.06. The molecular weight excluding hydrogens is 429 g/mol. The molecule has 0 atom stereocenters. The lowest BCUT2D eigenvalue weighted by Gasteiger charge is -2.15. The molecule has 0 amide bonds. The van der Waals surface area contributed by atoms with Crippen LogP contribution in [0.4, 0.5) is 4.39 Å². The molecule has 0 bridgehead atoms. The van der Waals surface area contributed by atoms with Crippen LogP contribution < -0.4 is 10.3 Å². The molecule has 0 spiro atoms. The highest BCUT2D eigenvalue weighted by atomic mass is 32.1. The number of halogens is 1. The van der Waals surface area contributed by atoms with Gasteiger partial charge in [0, 0.05) is 18.5 Å². The molecule has 6 nitrogen and oxygen atoms in total. The Morgan fingerprint density at radius 1 is 1.16 bits per heavy atom. The monoisotopic (exact) mass is 455 g/mol. The van der Waals surface area contributed by atoms with Crippen LogP contribution in [0.2, 0.25) is 0 Å². The number of aromatic nitrogens is 2. The molecule has 1 aromatic carbocycles. The summed E-state index contributed by atoms with van der Waals surface area (Å²) in [5.74, 6) is -0.176. The summed E-state index contributed by atoms with van der Waals surface area (Å²) in [6.45, 7) is 3.35. The van der Waals surface area contributed by atoms with Crippen molar-refractivity contribution in [1.82, 2.24) is 14.5 Å². The molecule has 8 heteroatoms. The van der Waals surface area contributed by atoms with E-state index in [1.54, 1.807) is 18.2 Å². The lowest BCUT2D eigenvalue weighted by atomic mass is 10.0. The maximum Gasteiger partial charge on any atom is 0.275 e. The maximum atomic E-state index is 14.6. The number of carbonyl (C=O) groups excluding carboxylic acids is 1. The first kappa shape index (κ1) is 21.3. The summed E-state index contributed by atoms with van der Waals surface area (Å²) in [5, 5.41) is 0. The largest absolute Gasteiger partial charge is 0.489 e. The average molecular weight is 456 g/mol. The number of thiophene rings is 1. The normalized spacial score (nSPS) is 17.4. The van der Waals surface area contributed by atoms with Crippen molar-refractivity contribution in [3.63, 3.8) is 0 Å². The molecular formula is C24H26FN3O3S. The second-order valence-corrected chi connectivity index (χ2v) is 9.65. The van der Waals surface area contributed by atoms with Gasteiger partial charge in [-0.2, -0.15) is 0 Å². The molecule has 3 aromatic rings. The molecule has 0 radical (unpaired) electrons. The summed E-state index contributed by atoms with van der Waals surface area (Å²) in [6, 6.07) is 6.21. The van der Waals surface area contributed by atoms with Crippen LogP contribution in [-0.2, 0) is 0 Å². The van der Waals surface area contributed by atoms with Gasteiger partial charge >= 0.3 is 0 Å². The highest BCUT2D eigenvalue weighted by molar-refractivity contribution is 7.20. The fourth-order valence-corrected chi connectivity index (χ4v) is 5.71. The third-order valence-corrected chi connectivity index (χ3v) is 7.59. The number of carbonyl (C=O) groups is 1. The van der Waals surface area contributed by atoms with E-state index in [0.717, 1.165) is 45.3 Å². The third kappa shape index (κ3) is 4.21. The first-order chi connectivity index (χ1) is 15.6. The summed E-state index contributed by atoms with van der Waals surface area (Å²) < 4.78 is 22.0. The van der Waals surface area contributed by atoms with Crippen molar-refractivity contribution in [2.45, 2.75) is 38.5 Å². The summed E-state index contributed by atoms with van der Waals surface area (Å²) >= 11 is 1.19. The minimum Gasteiger partial charge on any atom is -0.489 e. The minimum atomic E-state index is -0.515. The number of benzene rings is 1. The predicted molar refractivity (Wildman–Crippen MR) is 123 cm³/mol. The molecule has 0 N–H and O–H groups in total. The summed E-state index contributed by atoms with van der Waals surface area (Å²) in [7, 11) is 0. The molecule has 2 fully saturated rings. The molecule has 3 heterocycles. The van der Waals surface area contributed by atoms with Crippen LogP contribution in [0.25, 0.3) is 15.9 Å². The van der Waals surface area contributed by atoms with E-state index in [0.29, 0.717) is 27.4 Å². The van der Waals surface area contributed by atoms with Crippen molar-refractivity contribution in [3.05, 3.63) is 51.6 Å². The molecule has 32 heavy (non-hydrogen) atoms. The van der Waals surface area contributed by atoms with E-state index in [1.807, 2.05) is 0 Å². The Balaban J connectivity index is 1.35. The number of Topliss-reactive ketones (excluding diaryl/α,β-unsaturated/α-hetero) is 1. The van der Waals surface area contributed by atoms with Gasteiger partial charge in [-0.25, -0.2) is 9.37 Å². The fraction of sp³-hybridized carbons (Fsp3) is 0.458. The van der Waals surface area contributed by atoms with Gasteiger partial charge in [-0.1, -0.05) is 12.8 Å². The molecule has 1 saturated heterocycles. The van der Waals surface area contributed by atoms with Gasteiger partial charge in [-0.3, -0.25) is 19.1 Å². The molecule has 2 aliphatic rings.